The van der Waals surface area contributed by atoms with Crippen LogP contribution in [-0.4, -0.2) is 57.2 Å². The second-order valence-corrected chi connectivity index (χ2v) is 9.12. The molecule has 9 nitrogen and oxygen atoms in total. The maximum atomic E-state index is 13.1. The van der Waals surface area contributed by atoms with E-state index in [9.17, 15) is 4.79 Å². The van der Waals surface area contributed by atoms with Gasteiger partial charge in [0.25, 0.3) is 5.91 Å². The van der Waals surface area contributed by atoms with Gasteiger partial charge in [0.15, 0.2) is 0 Å². The van der Waals surface area contributed by atoms with E-state index in [0.29, 0.717) is 49.3 Å². The molecule has 1 aliphatic heterocycles. The van der Waals surface area contributed by atoms with Gasteiger partial charge >= 0.3 is 0 Å². The van der Waals surface area contributed by atoms with Crippen molar-refractivity contribution >= 4 is 17.2 Å². The van der Waals surface area contributed by atoms with Crippen molar-refractivity contribution in [1.82, 2.24) is 25.1 Å². The zero-order chi connectivity index (χ0) is 23.5. The molecular weight excluding hydrogens is 454 g/mol. The van der Waals surface area contributed by atoms with Gasteiger partial charge in [0, 0.05) is 31.7 Å². The third-order valence-electron chi connectivity index (χ3n) is 5.87. The Kier molecular flexibility index (Phi) is 6.41. The number of carbonyl (C=O) groups excluding carboxylic acids is 1. The van der Waals surface area contributed by atoms with E-state index in [1.54, 1.807) is 17.4 Å². The lowest BCUT2D eigenvalue weighted by atomic mass is 10.1. The van der Waals surface area contributed by atoms with E-state index >= 15 is 0 Å². The first-order valence-electron chi connectivity index (χ1n) is 11.1. The predicted molar refractivity (Wildman–Crippen MR) is 126 cm³/mol. The van der Waals surface area contributed by atoms with Crippen molar-refractivity contribution in [2.24, 2.45) is 0 Å². The van der Waals surface area contributed by atoms with Crippen LogP contribution >= 0.6 is 11.3 Å². The van der Waals surface area contributed by atoms with Crippen molar-refractivity contribution in [3.8, 4) is 16.5 Å². The molecule has 1 aliphatic rings. The van der Waals surface area contributed by atoms with Gasteiger partial charge in [0.2, 0.25) is 11.7 Å². The van der Waals surface area contributed by atoms with E-state index in [0.717, 1.165) is 35.0 Å². The van der Waals surface area contributed by atoms with Gasteiger partial charge in [-0.25, -0.2) is 0 Å². The van der Waals surface area contributed by atoms with Crippen molar-refractivity contribution in [2.45, 2.75) is 27.0 Å². The molecule has 10 heteroatoms. The number of hydrogen-bond donors (Lipinski definition) is 0. The summed E-state index contributed by atoms with van der Waals surface area (Å²) < 4.78 is 16.5. The summed E-state index contributed by atoms with van der Waals surface area (Å²) in [6, 6.07) is 11.2. The Labute approximate surface area is 200 Å². The minimum atomic E-state index is 0.000195. The highest BCUT2D eigenvalue weighted by Gasteiger charge is 2.24. The second kappa shape index (κ2) is 9.78. The smallest absolute Gasteiger partial charge is 0.254 e. The Balaban J connectivity index is 1.15. The van der Waals surface area contributed by atoms with E-state index in [-0.39, 0.29) is 5.91 Å². The molecule has 0 N–H and O–H groups in total. The molecule has 3 aromatic heterocycles. The summed E-state index contributed by atoms with van der Waals surface area (Å²) in [6.45, 7) is 7.42. The zero-order valence-electron chi connectivity index (χ0n) is 19.1. The van der Waals surface area contributed by atoms with Gasteiger partial charge in [-0.2, -0.15) is 4.98 Å². The lowest BCUT2D eigenvalue weighted by molar-refractivity contribution is 0.0614. The number of aryl methyl sites for hydroxylation is 2. The molecule has 4 heterocycles. The average molecular weight is 480 g/mol. The molecule has 0 spiro atoms. The number of nitrogens with zero attached hydrogens (tertiary/aromatic N) is 5. The van der Waals surface area contributed by atoms with Crippen LogP contribution in [0.2, 0.25) is 0 Å². The van der Waals surface area contributed by atoms with Gasteiger partial charge < -0.3 is 18.7 Å². The molecule has 0 aliphatic carbocycles. The van der Waals surface area contributed by atoms with Crippen LogP contribution in [0, 0.1) is 13.8 Å². The predicted octanol–water partition coefficient (Wildman–Crippen LogP) is 3.94. The van der Waals surface area contributed by atoms with Gasteiger partial charge in [-0.05, 0) is 43.5 Å². The molecule has 5 rings (SSSR count). The van der Waals surface area contributed by atoms with Gasteiger partial charge in [0.05, 0.1) is 22.7 Å². The Bertz CT molecular complexity index is 1240. The van der Waals surface area contributed by atoms with E-state index in [4.69, 9.17) is 13.8 Å². The van der Waals surface area contributed by atoms with E-state index in [1.165, 1.54) is 0 Å². The number of rotatable bonds is 7. The van der Waals surface area contributed by atoms with Gasteiger partial charge in [0.1, 0.15) is 18.1 Å². The fourth-order valence-electron chi connectivity index (χ4n) is 3.89. The summed E-state index contributed by atoms with van der Waals surface area (Å²) in [7, 11) is 0. The molecule has 4 aromatic rings. The first kappa shape index (κ1) is 22.3. The maximum Gasteiger partial charge on any atom is 0.254 e. The molecule has 0 atom stereocenters. The van der Waals surface area contributed by atoms with Crippen LogP contribution < -0.4 is 4.74 Å². The summed E-state index contributed by atoms with van der Waals surface area (Å²) in [5.74, 6) is 2.59. The number of thiophene rings is 1. The SMILES string of the molecule is Cc1noc(C)c1COc1cccc(C(=O)N2CCN(Cc3nc(-c4cccs4)no3)CC2)c1. The summed E-state index contributed by atoms with van der Waals surface area (Å²) in [6.07, 6.45) is 0. The lowest BCUT2D eigenvalue weighted by Gasteiger charge is -2.34. The van der Waals surface area contributed by atoms with E-state index in [1.807, 2.05) is 54.5 Å². The van der Waals surface area contributed by atoms with Crippen molar-refractivity contribution in [1.29, 1.82) is 0 Å². The van der Waals surface area contributed by atoms with Crippen molar-refractivity contribution in [3.05, 3.63) is 70.3 Å². The number of hydrogen-bond acceptors (Lipinski definition) is 9. The minimum Gasteiger partial charge on any atom is -0.489 e. The highest BCUT2D eigenvalue weighted by Crippen LogP contribution is 2.22. The molecular formula is C24H25N5O4S. The number of carbonyl (C=O) groups is 1. The van der Waals surface area contributed by atoms with Crippen LogP contribution in [0.25, 0.3) is 10.7 Å². The standard InChI is InChI=1S/C24H25N5O4S/c1-16-20(17(2)32-26-16)15-31-19-6-3-5-18(13-19)24(30)29-10-8-28(9-11-29)14-22-25-23(27-33-22)21-7-4-12-34-21/h3-7,12-13H,8-11,14-15H2,1-2H3. The summed E-state index contributed by atoms with van der Waals surface area (Å²) in [5.41, 5.74) is 2.35. The zero-order valence-corrected chi connectivity index (χ0v) is 19.9. The van der Waals surface area contributed by atoms with Crippen molar-refractivity contribution in [3.63, 3.8) is 0 Å². The molecule has 1 saturated heterocycles. The van der Waals surface area contributed by atoms with Crippen molar-refractivity contribution in [2.75, 3.05) is 26.2 Å². The van der Waals surface area contributed by atoms with Crippen LogP contribution in [0.15, 0.2) is 50.8 Å². The molecule has 0 saturated carbocycles. The topological polar surface area (TPSA) is 97.7 Å². The van der Waals surface area contributed by atoms with Gasteiger partial charge in [-0.3, -0.25) is 9.69 Å². The highest BCUT2D eigenvalue weighted by atomic mass is 32.1. The monoisotopic (exact) mass is 479 g/mol. The average Bonchev–Trinajstić information content (AvgIpc) is 3.61. The molecule has 0 radical (unpaired) electrons. The Morgan fingerprint density at radius 2 is 1.94 bits per heavy atom. The third-order valence-corrected chi connectivity index (χ3v) is 6.74. The summed E-state index contributed by atoms with van der Waals surface area (Å²) in [4.78, 5) is 22.7. The molecule has 176 valence electrons. The van der Waals surface area contributed by atoms with Crippen LogP contribution in [0.3, 0.4) is 0 Å². The number of piperazine rings is 1. The fourth-order valence-corrected chi connectivity index (χ4v) is 4.54. The first-order chi connectivity index (χ1) is 16.6. The Morgan fingerprint density at radius 3 is 2.68 bits per heavy atom. The number of aromatic nitrogens is 3. The van der Waals surface area contributed by atoms with E-state index in [2.05, 4.69) is 20.2 Å². The first-order valence-corrected chi connectivity index (χ1v) is 12.0. The number of benzene rings is 1. The van der Waals surface area contributed by atoms with Gasteiger partial charge in [-0.1, -0.05) is 22.4 Å². The molecule has 0 bridgehead atoms. The Morgan fingerprint density at radius 1 is 1.09 bits per heavy atom. The normalized spacial score (nSPS) is 14.5. The highest BCUT2D eigenvalue weighted by molar-refractivity contribution is 7.13. The number of ether oxygens (including phenoxy) is 1. The molecule has 1 aromatic carbocycles. The largest absolute Gasteiger partial charge is 0.489 e. The summed E-state index contributed by atoms with van der Waals surface area (Å²) in [5, 5.41) is 10.0. The summed E-state index contributed by atoms with van der Waals surface area (Å²) >= 11 is 1.58. The molecule has 1 fully saturated rings. The third kappa shape index (κ3) is 4.87. The van der Waals surface area contributed by atoms with Crippen LogP contribution in [0.5, 0.6) is 5.75 Å². The van der Waals surface area contributed by atoms with Crippen molar-refractivity contribution < 1.29 is 18.6 Å². The second-order valence-electron chi connectivity index (χ2n) is 8.18. The number of amides is 1. The maximum absolute atomic E-state index is 13.1. The fraction of sp³-hybridized carbons (Fsp3) is 0.333. The van der Waals surface area contributed by atoms with E-state index < -0.39 is 0 Å². The molecule has 0 unspecified atom stereocenters. The Hall–Kier alpha value is -3.50. The molecule has 1 amide bonds. The van der Waals surface area contributed by atoms with Crippen LogP contribution in [0.4, 0.5) is 0 Å². The lowest BCUT2D eigenvalue weighted by Crippen LogP contribution is -2.48. The molecule has 34 heavy (non-hydrogen) atoms. The van der Waals surface area contributed by atoms with Crippen LogP contribution in [-0.2, 0) is 13.2 Å². The quantitative estimate of drug-likeness (QED) is 0.393. The van der Waals surface area contributed by atoms with Crippen LogP contribution in [0.1, 0.15) is 33.3 Å². The minimum absolute atomic E-state index is 0.000195. The van der Waals surface area contributed by atoms with Gasteiger partial charge in [-0.15, -0.1) is 11.3 Å².